The normalized spacial score (nSPS) is 41.8. The van der Waals surface area contributed by atoms with E-state index in [0.29, 0.717) is 18.2 Å². The summed E-state index contributed by atoms with van der Waals surface area (Å²) in [5.74, 6) is 0.862. The van der Waals surface area contributed by atoms with Crippen molar-refractivity contribution in [3.05, 3.63) is 0 Å². The van der Waals surface area contributed by atoms with Crippen LogP contribution in [-0.2, 0) is 4.74 Å². The summed E-state index contributed by atoms with van der Waals surface area (Å²) in [6.07, 6.45) is 4.36. The standard InChI is InChI=1S/C15H30N2O/c1-11-6-7-13(16-5)14(8-11)17-9-12(2)18-15(3,4)10-17/h11-14,16H,6-10H2,1-5H3. The maximum Gasteiger partial charge on any atom is 0.0757 e. The van der Waals surface area contributed by atoms with E-state index < -0.39 is 0 Å². The van der Waals surface area contributed by atoms with Gasteiger partial charge in [-0.05, 0) is 53.0 Å². The molecule has 1 saturated heterocycles. The van der Waals surface area contributed by atoms with Gasteiger partial charge in [-0.25, -0.2) is 0 Å². The maximum absolute atomic E-state index is 6.03. The van der Waals surface area contributed by atoms with Crippen molar-refractivity contribution in [1.82, 2.24) is 10.2 Å². The largest absolute Gasteiger partial charge is 0.370 e. The predicted molar refractivity (Wildman–Crippen MR) is 75.8 cm³/mol. The van der Waals surface area contributed by atoms with Crippen LogP contribution in [0.5, 0.6) is 0 Å². The molecule has 0 aromatic heterocycles. The van der Waals surface area contributed by atoms with Crippen molar-refractivity contribution in [3.8, 4) is 0 Å². The lowest BCUT2D eigenvalue weighted by atomic mass is 9.81. The van der Waals surface area contributed by atoms with Gasteiger partial charge >= 0.3 is 0 Å². The zero-order chi connectivity index (χ0) is 13.3. The van der Waals surface area contributed by atoms with Crippen LogP contribution in [0.4, 0.5) is 0 Å². The van der Waals surface area contributed by atoms with Gasteiger partial charge in [-0.3, -0.25) is 4.90 Å². The average Bonchev–Trinajstić information content (AvgIpc) is 2.26. The summed E-state index contributed by atoms with van der Waals surface area (Å²) in [5.41, 5.74) is -0.00333. The molecule has 0 aromatic rings. The highest BCUT2D eigenvalue weighted by Crippen LogP contribution is 2.31. The Kier molecular flexibility index (Phi) is 4.35. The molecule has 2 fully saturated rings. The van der Waals surface area contributed by atoms with Gasteiger partial charge < -0.3 is 10.1 Å². The molecule has 3 heteroatoms. The summed E-state index contributed by atoms with van der Waals surface area (Å²) >= 11 is 0. The van der Waals surface area contributed by atoms with Gasteiger partial charge in [-0.1, -0.05) is 6.92 Å². The quantitative estimate of drug-likeness (QED) is 0.818. The SMILES string of the molecule is CNC1CCC(C)CC1N1CC(C)OC(C)(C)C1. The Bertz CT molecular complexity index is 280. The van der Waals surface area contributed by atoms with Gasteiger partial charge in [0.15, 0.2) is 0 Å². The second kappa shape index (κ2) is 5.48. The van der Waals surface area contributed by atoms with Gasteiger partial charge in [0.2, 0.25) is 0 Å². The molecule has 0 radical (unpaired) electrons. The van der Waals surface area contributed by atoms with Crippen LogP contribution in [0.15, 0.2) is 0 Å². The van der Waals surface area contributed by atoms with Crippen molar-refractivity contribution < 1.29 is 4.74 Å². The molecule has 0 amide bonds. The molecular formula is C15H30N2O. The van der Waals surface area contributed by atoms with Crippen LogP contribution in [0.25, 0.3) is 0 Å². The highest BCUT2D eigenvalue weighted by molar-refractivity contribution is 4.94. The monoisotopic (exact) mass is 254 g/mol. The molecule has 1 heterocycles. The molecule has 18 heavy (non-hydrogen) atoms. The number of nitrogens with zero attached hydrogens (tertiary/aromatic N) is 1. The van der Waals surface area contributed by atoms with E-state index >= 15 is 0 Å². The molecule has 106 valence electrons. The number of rotatable bonds is 2. The second-order valence-electron chi connectivity index (χ2n) is 7.00. The first-order valence-electron chi connectivity index (χ1n) is 7.50. The fourth-order valence-corrected chi connectivity index (χ4v) is 3.85. The van der Waals surface area contributed by atoms with Gasteiger partial charge in [0.25, 0.3) is 0 Å². The molecule has 4 unspecified atom stereocenters. The smallest absolute Gasteiger partial charge is 0.0757 e. The van der Waals surface area contributed by atoms with Gasteiger partial charge in [0, 0.05) is 25.2 Å². The summed E-state index contributed by atoms with van der Waals surface area (Å²) < 4.78 is 6.03. The highest BCUT2D eigenvalue weighted by Gasteiger charge is 2.39. The van der Waals surface area contributed by atoms with E-state index in [4.69, 9.17) is 4.74 Å². The van der Waals surface area contributed by atoms with Crippen molar-refractivity contribution in [2.75, 3.05) is 20.1 Å². The Hall–Kier alpha value is -0.120. The molecule has 3 nitrogen and oxygen atoms in total. The Labute approximate surface area is 112 Å². The topological polar surface area (TPSA) is 24.5 Å². The van der Waals surface area contributed by atoms with Crippen LogP contribution in [-0.4, -0.2) is 48.8 Å². The Balaban J connectivity index is 2.07. The van der Waals surface area contributed by atoms with Gasteiger partial charge in [0.1, 0.15) is 0 Å². The first-order valence-corrected chi connectivity index (χ1v) is 7.50. The average molecular weight is 254 g/mol. The number of nitrogens with one attached hydrogen (secondary N) is 1. The first-order chi connectivity index (χ1) is 8.41. The van der Waals surface area contributed by atoms with E-state index in [1.807, 2.05) is 0 Å². The molecule has 0 aromatic carbocycles. The van der Waals surface area contributed by atoms with Crippen LogP contribution >= 0.6 is 0 Å². The predicted octanol–water partition coefficient (Wildman–Crippen LogP) is 2.26. The molecule has 2 aliphatic rings. The summed E-state index contributed by atoms with van der Waals surface area (Å²) in [6, 6.07) is 1.34. The molecule has 1 aliphatic heterocycles. The summed E-state index contributed by atoms with van der Waals surface area (Å²) in [7, 11) is 2.11. The Morgan fingerprint density at radius 3 is 2.56 bits per heavy atom. The van der Waals surface area contributed by atoms with Crippen LogP contribution < -0.4 is 5.32 Å². The third-order valence-corrected chi connectivity index (χ3v) is 4.51. The van der Waals surface area contributed by atoms with E-state index in [1.54, 1.807) is 0 Å². The van der Waals surface area contributed by atoms with E-state index in [0.717, 1.165) is 19.0 Å². The zero-order valence-corrected chi connectivity index (χ0v) is 12.7. The minimum atomic E-state index is -0.00333. The minimum absolute atomic E-state index is 0.00333. The third kappa shape index (κ3) is 3.25. The fraction of sp³-hybridized carbons (Fsp3) is 1.00. The van der Waals surface area contributed by atoms with Crippen molar-refractivity contribution >= 4 is 0 Å². The molecule has 0 bridgehead atoms. The second-order valence-corrected chi connectivity index (χ2v) is 7.00. The van der Waals surface area contributed by atoms with Gasteiger partial charge in [-0.2, -0.15) is 0 Å². The summed E-state index contributed by atoms with van der Waals surface area (Å²) in [5, 5.41) is 3.53. The first kappa shape index (κ1) is 14.3. The Morgan fingerprint density at radius 1 is 1.22 bits per heavy atom. The van der Waals surface area contributed by atoms with Crippen molar-refractivity contribution in [3.63, 3.8) is 0 Å². The number of hydrogen-bond donors (Lipinski definition) is 1. The lowest BCUT2D eigenvalue weighted by Crippen LogP contribution is -2.60. The van der Waals surface area contributed by atoms with Crippen LogP contribution in [0.3, 0.4) is 0 Å². The van der Waals surface area contributed by atoms with E-state index in [9.17, 15) is 0 Å². The molecule has 0 spiro atoms. The third-order valence-electron chi connectivity index (χ3n) is 4.51. The molecule has 1 N–H and O–H groups in total. The number of likely N-dealkylation sites (N-methyl/N-ethyl adjacent to an activating group) is 1. The van der Waals surface area contributed by atoms with Crippen LogP contribution in [0.1, 0.15) is 47.0 Å². The van der Waals surface area contributed by atoms with E-state index in [-0.39, 0.29) is 5.60 Å². The summed E-state index contributed by atoms with van der Waals surface area (Å²) in [4.78, 5) is 2.67. The summed E-state index contributed by atoms with van der Waals surface area (Å²) in [6.45, 7) is 11.2. The van der Waals surface area contributed by atoms with Gasteiger partial charge in [0.05, 0.1) is 11.7 Å². The molecule has 1 saturated carbocycles. The molecule has 1 aliphatic carbocycles. The lowest BCUT2D eigenvalue weighted by Gasteiger charge is -2.49. The van der Waals surface area contributed by atoms with Gasteiger partial charge in [-0.15, -0.1) is 0 Å². The zero-order valence-electron chi connectivity index (χ0n) is 12.7. The maximum atomic E-state index is 6.03. The van der Waals surface area contributed by atoms with Crippen molar-refractivity contribution in [2.24, 2.45) is 5.92 Å². The van der Waals surface area contributed by atoms with Crippen LogP contribution in [0.2, 0.25) is 0 Å². The van der Waals surface area contributed by atoms with E-state index in [1.165, 1.54) is 19.3 Å². The van der Waals surface area contributed by atoms with E-state index in [2.05, 4.69) is 45.0 Å². The van der Waals surface area contributed by atoms with Crippen molar-refractivity contribution in [1.29, 1.82) is 0 Å². The highest BCUT2D eigenvalue weighted by atomic mass is 16.5. The number of ether oxygens (including phenoxy) is 1. The number of hydrogen-bond acceptors (Lipinski definition) is 3. The molecule has 2 rings (SSSR count). The van der Waals surface area contributed by atoms with Crippen LogP contribution in [0, 0.1) is 5.92 Å². The number of morpholine rings is 1. The molecule has 4 atom stereocenters. The fourth-order valence-electron chi connectivity index (χ4n) is 3.85. The molecular weight excluding hydrogens is 224 g/mol. The lowest BCUT2D eigenvalue weighted by molar-refractivity contribution is -0.143. The minimum Gasteiger partial charge on any atom is -0.370 e. The van der Waals surface area contributed by atoms with Crippen molar-refractivity contribution in [2.45, 2.75) is 70.7 Å². The Morgan fingerprint density at radius 2 is 1.94 bits per heavy atom.